The summed E-state index contributed by atoms with van der Waals surface area (Å²) >= 11 is 5.41. The molecule has 1 unspecified atom stereocenters. The molecule has 1 aromatic carbocycles. The predicted octanol–water partition coefficient (Wildman–Crippen LogP) is 5.22. The van der Waals surface area contributed by atoms with Gasteiger partial charge in [-0.05, 0) is 59.2 Å². The number of halogens is 1. The Labute approximate surface area is 128 Å². The van der Waals surface area contributed by atoms with E-state index in [1.54, 1.807) is 11.3 Å². The van der Waals surface area contributed by atoms with Crippen molar-refractivity contribution >= 4 is 27.3 Å². The van der Waals surface area contributed by atoms with Crippen molar-refractivity contribution in [2.75, 3.05) is 6.54 Å². The van der Waals surface area contributed by atoms with Gasteiger partial charge in [-0.25, -0.2) is 0 Å². The molecule has 1 nitrogen and oxygen atoms in total. The Bertz CT molecular complexity index is 527. The molecule has 0 bridgehead atoms. The molecular formula is C16H20BrNS. The molecule has 2 aromatic rings. The van der Waals surface area contributed by atoms with Crippen molar-refractivity contribution in [2.45, 2.75) is 33.2 Å². The molecule has 1 N–H and O–H groups in total. The average Bonchev–Trinajstić information content (AvgIpc) is 2.75. The van der Waals surface area contributed by atoms with Crippen LogP contribution in [0.1, 0.15) is 41.6 Å². The predicted molar refractivity (Wildman–Crippen MR) is 88.1 cm³/mol. The molecule has 0 saturated heterocycles. The lowest BCUT2D eigenvalue weighted by Crippen LogP contribution is -2.23. The Morgan fingerprint density at radius 2 is 1.84 bits per heavy atom. The molecule has 1 heterocycles. The minimum atomic E-state index is 0.277. The van der Waals surface area contributed by atoms with Crippen molar-refractivity contribution < 1.29 is 0 Å². The van der Waals surface area contributed by atoms with Gasteiger partial charge in [-0.2, -0.15) is 11.3 Å². The van der Waals surface area contributed by atoms with Crippen molar-refractivity contribution in [1.29, 1.82) is 0 Å². The lowest BCUT2D eigenvalue weighted by atomic mass is 9.97. The van der Waals surface area contributed by atoms with Gasteiger partial charge in [0.1, 0.15) is 0 Å². The van der Waals surface area contributed by atoms with Gasteiger partial charge in [0, 0.05) is 9.85 Å². The summed E-state index contributed by atoms with van der Waals surface area (Å²) in [5, 5.41) is 8.04. The number of rotatable bonds is 5. The zero-order valence-corrected chi connectivity index (χ0v) is 14.1. The van der Waals surface area contributed by atoms with E-state index in [2.05, 4.69) is 71.0 Å². The van der Waals surface area contributed by atoms with Crippen LogP contribution in [0.5, 0.6) is 0 Å². The molecule has 102 valence electrons. The fourth-order valence-electron chi connectivity index (χ4n) is 2.37. The standard InChI is InChI=1S/C16H20BrNS/c1-4-5-18-16(14-9-19-10-15(14)17)13-7-11(2)6-12(3)8-13/h6-10,16,18H,4-5H2,1-3H3. The Kier molecular flexibility index (Phi) is 5.20. The lowest BCUT2D eigenvalue weighted by Gasteiger charge is -2.20. The normalized spacial score (nSPS) is 12.6. The highest BCUT2D eigenvalue weighted by Crippen LogP contribution is 2.32. The first-order chi connectivity index (χ1) is 9.11. The van der Waals surface area contributed by atoms with Gasteiger partial charge < -0.3 is 5.32 Å². The first-order valence-electron chi connectivity index (χ1n) is 6.65. The number of thiophene rings is 1. The van der Waals surface area contributed by atoms with E-state index in [4.69, 9.17) is 0 Å². The van der Waals surface area contributed by atoms with E-state index in [0.717, 1.165) is 13.0 Å². The summed E-state index contributed by atoms with van der Waals surface area (Å²) in [7, 11) is 0. The highest BCUT2D eigenvalue weighted by Gasteiger charge is 2.17. The Morgan fingerprint density at radius 3 is 2.37 bits per heavy atom. The van der Waals surface area contributed by atoms with E-state index < -0.39 is 0 Å². The van der Waals surface area contributed by atoms with Crippen LogP contribution >= 0.6 is 27.3 Å². The van der Waals surface area contributed by atoms with Crippen LogP contribution in [0, 0.1) is 13.8 Å². The van der Waals surface area contributed by atoms with Gasteiger partial charge in [0.25, 0.3) is 0 Å². The van der Waals surface area contributed by atoms with Crippen molar-refractivity contribution in [2.24, 2.45) is 0 Å². The van der Waals surface area contributed by atoms with E-state index in [9.17, 15) is 0 Å². The van der Waals surface area contributed by atoms with E-state index >= 15 is 0 Å². The molecule has 19 heavy (non-hydrogen) atoms. The van der Waals surface area contributed by atoms with Crippen LogP contribution < -0.4 is 5.32 Å². The molecule has 1 atom stereocenters. The van der Waals surface area contributed by atoms with Gasteiger partial charge in [0.15, 0.2) is 0 Å². The topological polar surface area (TPSA) is 12.0 Å². The van der Waals surface area contributed by atoms with Crippen molar-refractivity contribution in [3.05, 3.63) is 55.7 Å². The molecule has 0 aliphatic heterocycles. The Balaban J connectivity index is 2.39. The monoisotopic (exact) mass is 337 g/mol. The van der Waals surface area contributed by atoms with E-state index in [0.29, 0.717) is 0 Å². The first-order valence-corrected chi connectivity index (χ1v) is 8.38. The summed E-state index contributed by atoms with van der Waals surface area (Å²) in [6.07, 6.45) is 1.14. The van der Waals surface area contributed by atoms with Gasteiger partial charge >= 0.3 is 0 Å². The third-order valence-electron chi connectivity index (χ3n) is 3.13. The number of benzene rings is 1. The first kappa shape index (κ1) is 14.8. The maximum Gasteiger partial charge on any atom is 0.0596 e. The summed E-state index contributed by atoms with van der Waals surface area (Å²) in [6, 6.07) is 7.07. The summed E-state index contributed by atoms with van der Waals surface area (Å²) < 4.78 is 1.20. The third-order valence-corrected chi connectivity index (χ3v) is 4.88. The molecule has 0 fully saturated rings. The van der Waals surface area contributed by atoms with Gasteiger partial charge in [-0.3, -0.25) is 0 Å². The second-order valence-corrected chi connectivity index (χ2v) is 6.58. The van der Waals surface area contributed by atoms with Gasteiger partial charge in [0.2, 0.25) is 0 Å². The third kappa shape index (κ3) is 3.68. The maximum absolute atomic E-state index is 3.66. The molecule has 0 radical (unpaired) electrons. The van der Waals surface area contributed by atoms with Gasteiger partial charge in [-0.15, -0.1) is 0 Å². The summed E-state index contributed by atoms with van der Waals surface area (Å²) in [5.41, 5.74) is 5.34. The zero-order chi connectivity index (χ0) is 13.8. The minimum Gasteiger partial charge on any atom is -0.306 e. The van der Waals surface area contributed by atoms with Crippen LogP contribution in [-0.4, -0.2) is 6.54 Å². The molecular weight excluding hydrogens is 318 g/mol. The van der Waals surface area contributed by atoms with Gasteiger partial charge in [-0.1, -0.05) is 36.2 Å². The smallest absolute Gasteiger partial charge is 0.0596 e. The highest BCUT2D eigenvalue weighted by molar-refractivity contribution is 9.10. The summed E-state index contributed by atoms with van der Waals surface area (Å²) in [5.74, 6) is 0. The van der Waals surface area contributed by atoms with Crippen molar-refractivity contribution in [1.82, 2.24) is 5.32 Å². The SMILES string of the molecule is CCCNC(c1cc(C)cc(C)c1)c1cscc1Br. The maximum atomic E-state index is 3.66. The lowest BCUT2D eigenvalue weighted by molar-refractivity contribution is 0.598. The number of hydrogen-bond donors (Lipinski definition) is 1. The molecule has 0 aliphatic carbocycles. The molecule has 0 aliphatic rings. The molecule has 0 spiro atoms. The van der Waals surface area contributed by atoms with Crippen LogP contribution in [0.2, 0.25) is 0 Å². The minimum absolute atomic E-state index is 0.277. The van der Waals surface area contributed by atoms with Crippen LogP contribution in [0.3, 0.4) is 0 Å². The van der Waals surface area contributed by atoms with Crippen molar-refractivity contribution in [3.8, 4) is 0 Å². The molecule has 0 amide bonds. The van der Waals surface area contributed by atoms with Gasteiger partial charge in [0.05, 0.1) is 6.04 Å². The van der Waals surface area contributed by atoms with Crippen LogP contribution in [-0.2, 0) is 0 Å². The molecule has 1 aromatic heterocycles. The van der Waals surface area contributed by atoms with Crippen molar-refractivity contribution in [3.63, 3.8) is 0 Å². The number of nitrogens with one attached hydrogen (secondary N) is 1. The largest absolute Gasteiger partial charge is 0.306 e. The van der Waals surface area contributed by atoms with E-state index in [-0.39, 0.29) is 6.04 Å². The molecule has 2 rings (SSSR count). The summed E-state index contributed by atoms with van der Waals surface area (Å²) in [4.78, 5) is 0. The van der Waals surface area contributed by atoms with E-state index in [1.807, 2.05) is 0 Å². The quantitative estimate of drug-likeness (QED) is 0.788. The fraction of sp³-hybridized carbons (Fsp3) is 0.375. The fourth-order valence-corrected chi connectivity index (χ4v) is 3.92. The zero-order valence-electron chi connectivity index (χ0n) is 11.7. The second kappa shape index (κ2) is 6.69. The molecule has 3 heteroatoms. The number of aryl methyl sites for hydroxylation is 2. The van der Waals surface area contributed by atoms with E-state index in [1.165, 1.54) is 26.7 Å². The Morgan fingerprint density at radius 1 is 1.16 bits per heavy atom. The summed E-state index contributed by atoms with van der Waals surface area (Å²) in [6.45, 7) is 7.56. The van der Waals surface area contributed by atoms with Crippen LogP contribution in [0.25, 0.3) is 0 Å². The highest BCUT2D eigenvalue weighted by atomic mass is 79.9. The number of hydrogen-bond acceptors (Lipinski definition) is 2. The Hall–Kier alpha value is -0.640. The average molecular weight is 338 g/mol. The molecule has 0 saturated carbocycles. The van der Waals surface area contributed by atoms with Crippen LogP contribution in [0.15, 0.2) is 33.4 Å². The van der Waals surface area contributed by atoms with Crippen LogP contribution in [0.4, 0.5) is 0 Å². The second-order valence-electron chi connectivity index (χ2n) is 4.98.